The van der Waals surface area contributed by atoms with Crippen molar-refractivity contribution in [3.8, 4) is 5.75 Å². The number of likely N-dealkylation sites (N-methyl/N-ethyl adjacent to an activating group) is 1. The van der Waals surface area contributed by atoms with Crippen LogP contribution in [-0.2, 0) is 4.79 Å². The Bertz CT molecular complexity index is 631. The number of rotatable bonds is 4. The van der Waals surface area contributed by atoms with Crippen molar-refractivity contribution in [2.75, 3.05) is 14.1 Å². The number of amides is 1. The first kappa shape index (κ1) is 15.9. The Morgan fingerprint density at radius 2 is 1.86 bits per heavy atom. The largest absolute Gasteiger partial charge is 0.474 e. The summed E-state index contributed by atoms with van der Waals surface area (Å²) >= 11 is 9.51. The maximum atomic E-state index is 12.4. The first-order valence-electron chi connectivity index (χ1n) is 6.37. The molecule has 0 spiro atoms. The highest BCUT2D eigenvalue weighted by atomic mass is 79.9. The quantitative estimate of drug-likeness (QED) is 0.805. The Balaban J connectivity index is 2.34. The van der Waals surface area contributed by atoms with E-state index in [1.807, 2.05) is 36.4 Å². The van der Waals surface area contributed by atoms with Gasteiger partial charge in [0, 0.05) is 24.1 Å². The summed E-state index contributed by atoms with van der Waals surface area (Å²) in [6.07, 6.45) is -0.722. The van der Waals surface area contributed by atoms with Gasteiger partial charge in [0.25, 0.3) is 5.91 Å². The zero-order chi connectivity index (χ0) is 15.4. The summed E-state index contributed by atoms with van der Waals surface area (Å²) in [4.78, 5) is 13.9. The SMILES string of the molecule is CN(C)C(=O)[C@H](Oc1ccc(Br)cc1Cl)c1ccccc1. The molecule has 0 saturated carbocycles. The Morgan fingerprint density at radius 1 is 1.19 bits per heavy atom. The van der Waals surface area contributed by atoms with Crippen LogP contribution in [0, 0.1) is 0 Å². The summed E-state index contributed by atoms with van der Waals surface area (Å²) in [5.74, 6) is 0.337. The molecule has 0 bridgehead atoms. The molecule has 0 fully saturated rings. The van der Waals surface area contributed by atoms with Crippen LogP contribution in [0.25, 0.3) is 0 Å². The van der Waals surface area contributed by atoms with Crippen molar-refractivity contribution >= 4 is 33.4 Å². The second kappa shape index (κ2) is 6.96. The number of ether oxygens (including phenoxy) is 1. The van der Waals surface area contributed by atoms with E-state index in [0.29, 0.717) is 10.8 Å². The first-order chi connectivity index (χ1) is 9.99. The van der Waals surface area contributed by atoms with Gasteiger partial charge in [-0.05, 0) is 18.2 Å². The van der Waals surface area contributed by atoms with E-state index in [4.69, 9.17) is 16.3 Å². The molecule has 5 heteroatoms. The maximum absolute atomic E-state index is 12.4. The van der Waals surface area contributed by atoms with Crippen molar-refractivity contribution < 1.29 is 9.53 Å². The monoisotopic (exact) mass is 367 g/mol. The van der Waals surface area contributed by atoms with Crippen molar-refractivity contribution in [3.63, 3.8) is 0 Å². The van der Waals surface area contributed by atoms with Gasteiger partial charge in [-0.25, -0.2) is 0 Å². The lowest BCUT2D eigenvalue weighted by Gasteiger charge is -2.22. The van der Waals surface area contributed by atoms with Crippen LogP contribution >= 0.6 is 27.5 Å². The third-order valence-electron chi connectivity index (χ3n) is 2.91. The summed E-state index contributed by atoms with van der Waals surface area (Å²) in [5, 5.41) is 0.455. The lowest BCUT2D eigenvalue weighted by molar-refractivity contribution is -0.136. The molecule has 0 N–H and O–H groups in total. The van der Waals surface area contributed by atoms with E-state index >= 15 is 0 Å². The fourth-order valence-corrected chi connectivity index (χ4v) is 2.54. The van der Waals surface area contributed by atoms with Crippen LogP contribution in [0.4, 0.5) is 0 Å². The fourth-order valence-electron chi connectivity index (χ4n) is 1.82. The normalized spacial score (nSPS) is 11.8. The number of hydrogen-bond donors (Lipinski definition) is 0. The molecule has 0 radical (unpaired) electrons. The Labute approximate surface area is 137 Å². The highest BCUT2D eigenvalue weighted by Gasteiger charge is 2.25. The van der Waals surface area contributed by atoms with E-state index in [1.54, 1.807) is 26.2 Å². The lowest BCUT2D eigenvalue weighted by Crippen LogP contribution is -2.31. The summed E-state index contributed by atoms with van der Waals surface area (Å²) in [6, 6.07) is 14.7. The molecule has 0 saturated heterocycles. The van der Waals surface area contributed by atoms with Crippen molar-refractivity contribution in [2.24, 2.45) is 0 Å². The molecule has 0 aliphatic carbocycles. The predicted octanol–water partition coefficient (Wildman–Crippen LogP) is 4.31. The van der Waals surface area contributed by atoms with Gasteiger partial charge < -0.3 is 9.64 Å². The number of benzene rings is 2. The van der Waals surface area contributed by atoms with Gasteiger partial charge in [0.05, 0.1) is 5.02 Å². The highest BCUT2D eigenvalue weighted by molar-refractivity contribution is 9.10. The molecular formula is C16H15BrClNO2. The topological polar surface area (TPSA) is 29.5 Å². The summed E-state index contributed by atoms with van der Waals surface area (Å²) < 4.78 is 6.72. The van der Waals surface area contributed by atoms with Crippen LogP contribution in [0.15, 0.2) is 53.0 Å². The van der Waals surface area contributed by atoms with Crippen LogP contribution < -0.4 is 4.74 Å². The number of carbonyl (C=O) groups is 1. The predicted molar refractivity (Wildman–Crippen MR) is 87.7 cm³/mol. The molecule has 2 rings (SSSR count). The van der Waals surface area contributed by atoms with E-state index in [0.717, 1.165) is 10.0 Å². The summed E-state index contributed by atoms with van der Waals surface area (Å²) in [7, 11) is 3.40. The Hall–Kier alpha value is -1.52. The van der Waals surface area contributed by atoms with Crippen LogP contribution in [-0.4, -0.2) is 24.9 Å². The van der Waals surface area contributed by atoms with Gasteiger partial charge in [0.15, 0.2) is 0 Å². The lowest BCUT2D eigenvalue weighted by atomic mass is 10.1. The third kappa shape index (κ3) is 3.99. The van der Waals surface area contributed by atoms with Gasteiger partial charge in [-0.3, -0.25) is 4.79 Å². The summed E-state index contributed by atoms with van der Waals surface area (Å²) in [6.45, 7) is 0. The molecule has 0 aliphatic heterocycles. The van der Waals surface area contributed by atoms with Crippen LogP contribution in [0.1, 0.15) is 11.7 Å². The first-order valence-corrected chi connectivity index (χ1v) is 7.54. The molecule has 3 nitrogen and oxygen atoms in total. The maximum Gasteiger partial charge on any atom is 0.267 e. The third-order valence-corrected chi connectivity index (χ3v) is 3.69. The van der Waals surface area contributed by atoms with E-state index < -0.39 is 6.10 Å². The molecule has 1 amide bonds. The number of hydrogen-bond acceptors (Lipinski definition) is 2. The Morgan fingerprint density at radius 3 is 2.43 bits per heavy atom. The number of nitrogens with zero attached hydrogens (tertiary/aromatic N) is 1. The number of halogens is 2. The van der Waals surface area contributed by atoms with Crippen molar-refractivity contribution in [1.29, 1.82) is 0 Å². The van der Waals surface area contributed by atoms with Gasteiger partial charge in [0.1, 0.15) is 5.75 Å². The average molecular weight is 369 g/mol. The second-order valence-corrected chi connectivity index (χ2v) is 6.04. The molecule has 2 aromatic carbocycles. The van der Waals surface area contributed by atoms with E-state index in [-0.39, 0.29) is 5.91 Å². The van der Waals surface area contributed by atoms with Crippen molar-refractivity contribution in [3.05, 3.63) is 63.6 Å². The zero-order valence-corrected chi connectivity index (χ0v) is 14.1. The molecule has 2 aromatic rings. The molecule has 0 aliphatic rings. The van der Waals surface area contributed by atoms with Crippen LogP contribution in [0.5, 0.6) is 5.75 Å². The smallest absolute Gasteiger partial charge is 0.267 e. The molecule has 0 unspecified atom stereocenters. The van der Waals surface area contributed by atoms with Crippen molar-refractivity contribution in [1.82, 2.24) is 4.90 Å². The molecule has 0 heterocycles. The Kier molecular flexibility index (Phi) is 5.26. The van der Waals surface area contributed by atoms with Crippen LogP contribution in [0.2, 0.25) is 5.02 Å². The average Bonchev–Trinajstić information content (AvgIpc) is 2.46. The van der Waals surface area contributed by atoms with E-state index in [1.165, 1.54) is 4.90 Å². The fraction of sp³-hybridized carbons (Fsp3) is 0.188. The second-order valence-electron chi connectivity index (χ2n) is 4.72. The molecule has 1 atom stereocenters. The van der Waals surface area contributed by atoms with E-state index in [2.05, 4.69) is 15.9 Å². The minimum Gasteiger partial charge on any atom is -0.474 e. The van der Waals surface area contributed by atoms with Gasteiger partial charge in [0.2, 0.25) is 6.10 Å². The van der Waals surface area contributed by atoms with Gasteiger partial charge in [-0.1, -0.05) is 57.9 Å². The standard InChI is InChI=1S/C16H15BrClNO2/c1-19(2)16(20)15(11-6-4-3-5-7-11)21-14-9-8-12(17)10-13(14)18/h3-10,15H,1-2H3/t15-/m1/s1. The van der Waals surface area contributed by atoms with E-state index in [9.17, 15) is 4.79 Å². The van der Waals surface area contributed by atoms with Crippen LogP contribution in [0.3, 0.4) is 0 Å². The van der Waals surface area contributed by atoms with Gasteiger partial charge in [-0.2, -0.15) is 0 Å². The van der Waals surface area contributed by atoms with Gasteiger partial charge in [-0.15, -0.1) is 0 Å². The molecular weight excluding hydrogens is 354 g/mol. The van der Waals surface area contributed by atoms with Gasteiger partial charge >= 0.3 is 0 Å². The number of carbonyl (C=O) groups excluding carboxylic acids is 1. The summed E-state index contributed by atoms with van der Waals surface area (Å²) in [5.41, 5.74) is 0.787. The zero-order valence-electron chi connectivity index (χ0n) is 11.7. The molecule has 0 aromatic heterocycles. The molecule has 110 valence electrons. The highest BCUT2D eigenvalue weighted by Crippen LogP contribution is 2.32. The molecule has 21 heavy (non-hydrogen) atoms. The van der Waals surface area contributed by atoms with Crippen molar-refractivity contribution in [2.45, 2.75) is 6.10 Å². The minimum absolute atomic E-state index is 0.139. The minimum atomic E-state index is -0.722.